The van der Waals surface area contributed by atoms with Crippen molar-refractivity contribution in [1.29, 1.82) is 0 Å². The number of hydrogen-bond acceptors (Lipinski definition) is 3. The Balaban J connectivity index is 2.74. The van der Waals surface area contributed by atoms with Gasteiger partial charge >= 0.3 is 24.0 Å². The zero-order chi connectivity index (χ0) is 16.9. The summed E-state index contributed by atoms with van der Waals surface area (Å²) >= 11 is 3.05. The second-order valence-corrected chi connectivity index (χ2v) is 5.47. The first-order chi connectivity index (χ1) is 10.0. The molecule has 1 heterocycles. The van der Waals surface area contributed by atoms with Gasteiger partial charge in [-0.25, -0.2) is 9.59 Å². The number of amides is 1. The predicted octanol–water partition coefficient (Wildman–Crippen LogP) is 1.81. The van der Waals surface area contributed by atoms with Crippen LogP contribution in [0.4, 0.5) is 18.9 Å². The highest BCUT2D eigenvalue weighted by Crippen LogP contribution is 2.43. The van der Waals surface area contributed by atoms with Gasteiger partial charge in [0.25, 0.3) is 0 Å². The molecule has 0 saturated carbocycles. The molecule has 2 N–H and O–H groups in total. The predicted molar refractivity (Wildman–Crippen MR) is 69.4 cm³/mol. The largest absolute Gasteiger partial charge is 0.479 e. The lowest BCUT2D eigenvalue weighted by Crippen LogP contribution is -2.63. The molecule has 0 atom stereocenters. The van der Waals surface area contributed by atoms with Gasteiger partial charge in [0, 0.05) is 16.6 Å². The molecule has 118 valence electrons. The Morgan fingerprint density at radius 1 is 1.18 bits per heavy atom. The summed E-state index contributed by atoms with van der Waals surface area (Å²) in [6.07, 6.45) is -6.18. The standard InChI is InChI=1S/C12H7BrF3NO5/c13-6-1-2-7-5(3-6)4-11(9(19)20,10(21)22)17(7)8(18)12(14,15)16/h1-3H,4H2,(H,19,20)(H,21,22). The number of fused-ring (bicyclic) bond motifs is 1. The number of benzene rings is 1. The van der Waals surface area contributed by atoms with Crippen LogP contribution < -0.4 is 4.90 Å². The molecule has 0 radical (unpaired) electrons. The van der Waals surface area contributed by atoms with Crippen LogP contribution in [-0.2, 0) is 20.8 Å². The zero-order valence-corrected chi connectivity index (χ0v) is 12.1. The summed E-state index contributed by atoms with van der Waals surface area (Å²) in [5, 5.41) is 18.4. The second-order valence-electron chi connectivity index (χ2n) is 4.56. The Hall–Kier alpha value is -2.10. The number of carbonyl (C=O) groups excluding carboxylic acids is 1. The number of carbonyl (C=O) groups is 3. The fourth-order valence-corrected chi connectivity index (χ4v) is 2.73. The number of alkyl halides is 3. The number of aliphatic carboxylic acids is 2. The highest BCUT2D eigenvalue weighted by Gasteiger charge is 2.63. The molecule has 6 nitrogen and oxygen atoms in total. The quantitative estimate of drug-likeness (QED) is 0.761. The topological polar surface area (TPSA) is 94.9 Å². The zero-order valence-electron chi connectivity index (χ0n) is 10.5. The highest BCUT2D eigenvalue weighted by atomic mass is 79.9. The minimum absolute atomic E-state index is 0.0109. The molecule has 0 aliphatic carbocycles. The van der Waals surface area contributed by atoms with Gasteiger partial charge in [0.05, 0.1) is 0 Å². The maximum atomic E-state index is 12.8. The molecule has 1 aliphatic heterocycles. The summed E-state index contributed by atoms with van der Waals surface area (Å²) < 4.78 is 38.7. The normalized spacial score (nSPS) is 16.3. The molecule has 1 aromatic rings. The van der Waals surface area contributed by atoms with Crippen molar-refractivity contribution in [2.75, 3.05) is 4.90 Å². The summed E-state index contributed by atoms with van der Waals surface area (Å²) in [7, 11) is 0. The fraction of sp³-hybridized carbons (Fsp3) is 0.250. The first-order valence-corrected chi connectivity index (χ1v) is 6.47. The van der Waals surface area contributed by atoms with Gasteiger partial charge in [0.1, 0.15) is 0 Å². The van der Waals surface area contributed by atoms with Crippen molar-refractivity contribution in [2.45, 2.75) is 18.1 Å². The van der Waals surface area contributed by atoms with Gasteiger partial charge in [-0.05, 0) is 23.8 Å². The van der Waals surface area contributed by atoms with E-state index in [0.717, 1.165) is 6.07 Å². The minimum Gasteiger partial charge on any atom is -0.479 e. The Bertz CT molecular complexity index is 674. The Labute approximate surface area is 129 Å². The molecular formula is C12H7BrF3NO5. The van der Waals surface area contributed by atoms with E-state index in [1.807, 2.05) is 0 Å². The van der Waals surface area contributed by atoms with E-state index >= 15 is 0 Å². The summed E-state index contributed by atoms with van der Waals surface area (Å²) in [4.78, 5) is 34.2. The average molecular weight is 382 g/mol. The van der Waals surface area contributed by atoms with Crippen LogP contribution in [-0.4, -0.2) is 39.8 Å². The van der Waals surface area contributed by atoms with E-state index in [9.17, 15) is 37.8 Å². The van der Waals surface area contributed by atoms with E-state index in [2.05, 4.69) is 15.9 Å². The van der Waals surface area contributed by atoms with E-state index in [1.165, 1.54) is 12.1 Å². The van der Waals surface area contributed by atoms with Gasteiger partial charge in [0.15, 0.2) is 0 Å². The van der Waals surface area contributed by atoms with Gasteiger partial charge < -0.3 is 10.2 Å². The minimum atomic E-state index is -5.41. The van der Waals surface area contributed by atoms with Crippen LogP contribution in [0.3, 0.4) is 0 Å². The first-order valence-electron chi connectivity index (χ1n) is 5.68. The van der Waals surface area contributed by atoms with E-state index in [1.54, 1.807) is 0 Å². The number of nitrogens with zero attached hydrogens (tertiary/aromatic N) is 1. The molecule has 2 rings (SSSR count). The van der Waals surface area contributed by atoms with Crippen molar-refractivity contribution in [3.8, 4) is 0 Å². The highest BCUT2D eigenvalue weighted by molar-refractivity contribution is 9.10. The van der Waals surface area contributed by atoms with Crippen LogP contribution in [0.15, 0.2) is 22.7 Å². The molecule has 22 heavy (non-hydrogen) atoms. The lowest BCUT2D eigenvalue weighted by Gasteiger charge is -2.31. The van der Waals surface area contributed by atoms with Crippen molar-refractivity contribution in [2.24, 2.45) is 0 Å². The fourth-order valence-electron chi connectivity index (χ4n) is 2.32. The summed E-state index contributed by atoms with van der Waals surface area (Å²) in [6.45, 7) is 0. The molecule has 1 aromatic carbocycles. The second kappa shape index (κ2) is 4.97. The summed E-state index contributed by atoms with van der Waals surface area (Å²) in [6, 6.07) is 3.63. The third-order valence-corrected chi connectivity index (χ3v) is 3.76. The lowest BCUT2D eigenvalue weighted by molar-refractivity contribution is -0.175. The van der Waals surface area contributed by atoms with E-state index in [0.29, 0.717) is 4.47 Å². The van der Waals surface area contributed by atoms with Gasteiger partial charge in [-0.1, -0.05) is 15.9 Å². The van der Waals surface area contributed by atoms with Crippen molar-refractivity contribution in [1.82, 2.24) is 0 Å². The maximum absolute atomic E-state index is 12.8. The van der Waals surface area contributed by atoms with Crippen LogP contribution in [0.25, 0.3) is 0 Å². The Morgan fingerprint density at radius 3 is 2.18 bits per heavy atom. The molecule has 0 spiro atoms. The number of rotatable bonds is 2. The number of carboxylic acid groups (broad SMARTS) is 2. The molecule has 0 bridgehead atoms. The van der Waals surface area contributed by atoms with Gasteiger partial charge in [-0.15, -0.1) is 0 Å². The number of anilines is 1. The summed E-state index contributed by atoms with van der Waals surface area (Å²) in [5.41, 5.74) is -3.41. The number of carboxylic acids is 2. The smallest absolute Gasteiger partial charge is 0.471 e. The van der Waals surface area contributed by atoms with E-state index < -0.39 is 41.7 Å². The molecular weight excluding hydrogens is 375 g/mol. The monoisotopic (exact) mass is 381 g/mol. The summed E-state index contributed by atoms with van der Waals surface area (Å²) in [5.74, 6) is -6.65. The average Bonchev–Trinajstić information content (AvgIpc) is 2.71. The number of hydrogen-bond donors (Lipinski definition) is 2. The molecule has 0 saturated heterocycles. The molecule has 0 aromatic heterocycles. The van der Waals surface area contributed by atoms with Crippen molar-refractivity contribution >= 4 is 39.5 Å². The molecule has 10 heteroatoms. The van der Waals surface area contributed by atoms with Crippen LogP contribution >= 0.6 is 15.9 Å². The SMILES string of the molecule is O=C(N1c2ccc(Br)cc2CC1(C(=O)O)C(=O)O)C(F)(F)F. The van der Waals surface area contributed by atoms with Crippen molar-refractivity contribution < 1.29 is 37.8 Å². The first kappa shape index (κ1) is 16.3. The van der Waals surface area contributed by atoms with Gasteiger partial charge in [0.2, 0.25) is 5.54 Å². The van der Waals surface area contributed by atoms with Crippen LogP contribution in [0.5, 0.6) is 0 Å². The third kappa shape index (κ3) is 2.23. The molecule has 0 unspecified atom stereocenters. The van der Waals surface area contributed by atoms with Crippen LogP contribution in [0.2, 0.25) is 0 Å². The van der Waals surface area contributed by atoms with Gasteiger partial charge in [-0.2, -0.15) is 13.2 Å². The number of halogens is 4. The van der Waals surface area contributed by atoms with Crippen molar-refractivity contribution in [3.05, 3.63) is 28.2 Å². The molecule has 1 aliphatic rings. The van der Waals surface area contributed by atoms with E-state index in [-0.39, 0.29) is 10.5 Å². The Morgan fingerprint density at radius 2 is 1.73 bits per heavy atom. The lowest BCUT2D eigenvalue weighted by atomic mass is 9.94. The van der Waals surface area contributed by atoms with Crippen LogP contribution in [0, 0.1) is 0 Å². The van der Waals surface area contributed by atoms with Gasteiger partial charge in [-0.3, -0.25) is 9.69 Å². The van der Waals surface area contributed by atoms with Crippen molar-refractivity contribution in [3.63, 3.8) is 0 Å². The third-order valence-electron chi connectivity index (χ3n) is 3.26. The maximum Gasteiger partial charge on any atom is 0.471 e. The van der Waals surface area contributed by atoms with E-state index in [4.69, 9.17) is 0 Å². The Kier molecular flexibility index (Phi) is 3.68. The molecule has 1 amide bonds. The van der Waals surface area contributed by atoms with Crippen LogP contribution in [0.1, 0.15) is 5.56 Å². The molecule has 0 fully saturated rings.